The van der Waals surface area contributed by atoms with Crippen molar-refractivity contribution >= 4 is 10.9 Å². The molecule has 1 aliphatic rings. The molecule has 122 valence electrons. The zero-order chi connectivity index (χ0) is 16.6. The van der Waals surface area contributed by atoms with E-state index in [1.807, 2.05) is 53.2 Å². The molecule has 0 amide bonds. The largest absolute Gasteiger partial charge is 0.486 e. The molecule has 0 atom stereocenters. The normalized spacial score (nSPS) is 13.1. The first-order chi connectivity index (χ1) is 12.4. The maximum atomic E-state index is 5.78. The van der Waals surface area contributed by atoms with Crippen molar-refractivity contribution in [3.63, 3.8) is 0 Å². The summed E-state index contributed by atoms with van der Waals surface area (Å²) in [5.41, 5.74) is 4.09. The van der Waals surface area contributed by atoms with Crippen LogP contribution in [0.2, 0.25) is 0 Å². The van der Waals surface area contributed by atoms with Crippen molar-refractivity contribution in [1.29, 1.82) is 0 Å². The van der Waals surface area contributed by atoms with E-state index < -0.39 is 0 Å². The number of benzene rings is 3. The van der Waals surface area contributed by atoms with Crippen LogP contribution >= 0.6 is 0 Å². The Morgan fingerprint density at radius 2 is 1.40 bits per heavy atom. The summed E-state index contributed by atoms with van der Waals surface area (Å²) in [6.07, 6.45) is 0. The van der Waals surface area contributed by atoms with Gasteiger partial charge in [-0.2, -0.15) is 5.10 Å². The summed E-state index contributed by atoms with van der Waals surface area (Å²) in [6, 6.07) is 24.5. The minimum Gasteiger partial charge on any atom is -0.486 e. The number of nitrogens with zero attached hydrogens (tertiary/aromatic N) is 2. The molecule has 0 unspecified atom stereocenters. The van der Waals surface area contributed by atoms with Gasteiger partial charge in [-0.3, -0.25) is 0 Å². The van der Waals surface area contributed by atoms with E-state index in [1.54, 1.807) is 0 Å². The fourth-order valence-corrected chi connectivity index (χ4v) is 3.25. The molecule has 0 saturated heterocycles. The Bertz CT molecular complexity index is 1040. The molecule has 4 aromatic rings. The van der Waals surface area contributed by atoms with Gasteiger partial charge in [-0.1, -0.05) is 48.5 Å². The van der Waals surface area contributed by atoms with Gasteiger partial charge in [0.25, 0.3) is 0 Å². The predicted molar refractivity (Wildman–Crippen MR) is 97.5 cm³/mol. The Balaban J connectivity index is 1.83. The third-order valence-corrected chi connectivity index (χ3v) is 4.38. The maximum Gasteiger partial charge on any atom is 0.163 e. The molecule has 0 aliphatic carbocycles. The highest BCUT2D eigenvalue weighted by molar-refractivity contribution is 5.96. The van der Waals surface area contributed by atoms with E-state index >= 15 is 0 Å². The van der Waals surface area contributed by atoms with E-state index in [9.17, 15) is 0 Å². The molecule has 1 aromatic heterocycles. The number of fused-ring (bicyclic) bond motifs is 2. The molecule has 0 saturated carbocycles. The Morgan fingerprint density at radius 1 is 0.760 bits per heavy atom. The van der Waals surface area contributed by atoms with Gasteiger partial charge >= 0.3 is 0 Å². The first kappa shape index (κ1) is 14.1. The molecule has 4 heteroatoms. The second-order valence-electron chi connectivity index (χ2n) is 5.98. The molecular weight excluding hydrogens is 312 g/mol. The monoisotopic (exact) mass is 328 g/mol. The Kier molecular flexibility index (Phi) is 3.20. The highest BCUT2D eigenvalue weighted by atomic mass is 16.6. The van der Waals surface area contributed by atoms with Crippen LogP contribution in [0.3, 0.4) is 0 Å². The van der Waals surface area contributed by atoms with Crippen molar-refractivity contribution in [3.8, 4) is 28.4 Å². The number of hydrogen-bond donors (Lipinski definition) is 0. The molecule has 0 radical (unpaired) electrons. The van der Waals surface area contributed by atoms with Gasteiger partial charge in [-0.15, -0.1) is 0 Å². The number of rotatable bonds is 2. The molecule has 0 fully saturated rings. The van der Waals surface area contributed by atoms with Crippen LogP contribution < -0.4 is 9.47 Å². The third kappa shape index (κ3) is 2.34. The summed E-state index contributed by atoms with van der Waals surface area (Å²) >= 11 is 0. The van der Waals surface area contributed by atoms with Crippen molar-refractivity contribution in [2.45, 2.75) is 0 Å². The van der Waals surface area contributed by atoms with Gasteiger partial charge in [0.15, 0.2) is 11.5 Å². The van der Waals surface area contributed by atoms with Crippen LogP contribution in [0.4, 0.5) is 0 Å². The first-order valence-electron chi connectivity index (χ1n) is 8.33. The molecule has 4 nitrogen and oxygen atoms in total. The molecule has 0 spiro atoms. The highest BCUT2D eigenvalue weighted by Crippen LogP contribution is 2.39. The summed E-state index contributed by atoms with van der Waals surface area (Å²) in [5.74, 6) is 1.54. The van der Waals surface area contributed by atoms with Crippen LogP contribution in [0.15, 0.2) is 72.8 Å². The molecule has 0 N–H and O–H groups in total. The molecule has 3 aromatic carbocycles. The Hall–Kier alpha value is -3.27. The lowest BCUT2D eigenvalue weighted by molar-refractivity contribution is 0.172. The minimum atomic E-state index is 0.573. The van der Waals surface area contributed by atoms with Crippen molar-refractivity contribution in [1.82, 2.24) is 9.78 Å². The lowest BCUT2D eigenvalue weighted by Gasteiger charge is -2.18. The zero-order valence-corrected chi connectivity index (χ0v) is 13.6. The number of para-hydroxylation sites is 1. The quantitative estimate of drug-likeness (QED) is 0.545. The summed E-state index contributed by atoms with van der Waals surface area (Å²) in [4.78, 5) is 0. The van der Waals surface area contributed by atoms with Crippen LogP contribution in [0.5, 0.6) is 11.5 Å². The second-order valence-corrected chi connectivity index (χ2v) is 5.98. The maximum absolute atomic E-state index is 5.78. The van der Waals surface area contributed by atoms with Crippen molar-refractivity contribution < 1.29 is 9.47 Å². The van der Waals surface area contributed by atoms with E-state index in [1.165, 1.54) is 0 Å². The van der Waals surface area contributed by atoms with Gasteiger partial charge in [-0.25, -0.2) is 4.68 Å². The van der Waals surface area contributed by atoms with Crippen LogP contribution in [0.25, 0.3) is 27.8 Å². The SMILES string of the molecule is c1ccc(-c2c3cc4c(cc3nn2-c2ccccc2)OCCO4)cc1. The van der Waals surface area contributed by atoms with Gasteiger partial charge < -0.3 is 9.47 Å². The molecule has 5 rings (SSSR count). The van der Waals surface area contributed by atoms with Crippen LogP contribution in [-0.4, -0.2) is 23.0 Å². The van der Waals surface area contributed by atoms with Crippen LogP contribution in [0.1, 0.15) is 0 Å². The van der Waals surface area contributed by atoms with Crippen LogP contribution in [0, 0.1) is 0 Å². The Labute approximate surface area is 145 Å². The fraction of sp³-hybridized carbons (Fsp3) is 0.0952. The van der Waals surface area contributed by atoms with Crippen molar-refractivity contribution in [3.05, 3.63) is 72.8 Å². The Morgan fingerprint density at radius 3 is 2.12 bits per heavy atom. The van der Waals surface area contributed by atoms with Gasteiger partial charge in [0.05, 0.1) is 16.9 Å². The minimum absolute atomic E-state index is 0.573. The zero-order valence-electron chi connectivity index (χ0n) is 13.6. The lowest BCUT2D eigenvalue weighted by atomic mass is 10.1. The van der Waals surface area contributed by atoms with Crippen LogP contribution in [-0.2, 0) is 0 Å². The van der Waals surface area contributed by atoms with E-state index in [0.29, 0.717) is 13.2 Å². The predicted octanol–water partition coefficient (Wildman–Crippen LogP) is 4.46. The van der Waals surface area contributed by atoms with E-state index in [2.05, 4.69) is 24.3 Å². The van der Waals surface area contributed by atoms with Gasteiger partial charge in [-0.05, 0) is 18.2 Å². The summed E-state index contributed by atoms with van der Waals surface area (Å²) in [5, 5.41) is 5.90. The molecular formula is C21H16N2O2. The third-order valence-electron chi connectivity index (χ3n) is 4.38. The molecule has 25 heavy (non-hydrogen) atoms. The van der Waals surface area contributed by atoms with E-state index in [4.69, 9.17) is 14.6 Å². The smallest absolute Gasteiger partial charge is 0.163 e. The van der Waals surface area contributed by atoms with Crippen molar-refractivity contribution in [2.75, 3.05) is 13.2 Å². The van der Waals surface area contributed by atoms with E-state index in [0.717, 1.165) is 39.3 Å². The average molecular weight is 328 g/mol. The topological polar surface area (TPSA) is 36.3 Å². The molecule has 1 aliphatic heterocycles. The number of hydrogen-bond acceptors (Lipinski definition) is 3. The van der Waals surface area contributed by atoms with Gasteiger partial charge in [0.1, 0.15) is 13.2 Å². The van der Waals surface area contributed by atoms with E-state index in [-0.39, 0.29) is 0 Å². The summed E-state index contributed by atoms with van der Waals surface area (Å²) in [6.45, 7) is 1.15. The molecule has 0 bridgehead atoms. The number of aromatic nitrogens is 2. The lowest BCUT2D eigenvalue weighted by Crippen LogP contribution is -2.15. The summed E-state index contributed by atoms with van der Waals surface area (Å²) < 4.78 is 13.5. The second kappa shape index (κ2) is 5.67. The highest BCUT2D eigenvalue weighted by Gasteiger charge is 2.20. The average Bonchev–Trinajstić information content (AvgIpc) is 3.06. The standard InChI is InChI=1S/C21H16N2O2/c1-3-7-15(8-4-1)21-17-13-19-20(25-12-11-24-19)14-18(17)22-23(21)16-9-5-2-6-10-16/h1-10,13-14H,11-12H2. The number of ether oxygens (including phenoxy) is 2. The van der Waals surface area contributed by atoms with Gasteiger partial charge in [0.2, 0.25) is 0 Å². The van der Waals surface area contributed by atoms with Crippen molar-refractivity contribution in [2.24, 2.45) is 0 Å². The fourth-order valence-electron chi connectivity index (χ4n) is 3.25. The first-order valence-corrected chi connectivity index (χ1v) is 8.33. The molecule has 2 heterocycles. The summed E-state index contributed by atoms with van der Waals surface area (Å²) in [7, 11) is 0. The van der Waals surface area contributed by atoms with Gasteiger partial charge in [0, 0.05) is 17.0 Å².